The predicted octanol–water partition coefficient (Wildman–Crippen LogP) is 0.988. The fourth-order valence-electron chi connectivity index (χ4n) is 2.27. The van der Waals surface area contributed by atoms with E-state index in [9.17, 15) is 9.59 Å². The number of nitrogen functional groups attached to an aromatic ring is 1. The Hall–Kier alpha value is -2.54. The molecule has 7 heteroatoms. The van der Waals surface area contributed by atoms with Crippen molar-refractivity contribution in [2.24, 2.45) is 5.84 Å². The van der Waals surface area contributed by atoms with Gasteiger partial charge in [0.05, 0.1) is 18.7 Å². The van der Waals surface area contributed by atoms with E-state index in [0.717, 1.165) is 0 Å². The number of benzene rings is 1. The van der Waals surface area contributed by atoms with Gasteiger partial charge in [0.25, 0.3) is 5.91 Å². The van der Waals surface area contributed by atoms with Gasteiger partial charge in [-0.05, 0) is 6.07 Å². The number of hydrogen-bond acceptors (Lipinski definition) is 5. The van der Waals surface area contributed by atoms with E-state index in [1.165, 1.54) is 4.90 Å². The lowest BCUT2D eigenvalue weighted by Gasteiger charge is -2.11. The summed E-state index contributed by atoms with van der Waals surface area (Å²) in [5.41, 5.74) is 3.03. The number of nitrogens with one attached hydrogen (secondary N) is 1. The molecule has 3 rings (SSSR count). The molecule has 20 heavy (non-hydrogen) atoms. The third-order valence-corrected chi connectivity index (χ3v) is 3.21. The number of ether oxygens (including phenoxy) is 1. The van der Waals surface area contributed by atoms with Crippen LogP contribution in [0.3, 0.4) is 0 Å². The first-order valence-electron chi connectivity index (χ1n) is 6.13. The molecule has 0 aliphatic carbocycles. The largest absolute Gasteiger partial charge is 0.458 e. The Balaban J connectivity index is 2.04. The zero-order chi connectivity index (χ0) is 14.1. The van der Waals surface area contributed by atoms with Gasteiger partial charge in [-0.3, -0.25) is 15.1 Å². The van der Waals surface area contributed by atoms with Gasteiger partial charge in [0.2, 0.25) is 0 Å². The fourth-order valence-corrected chi connectivity index (χ4v) is 2.27. The molecular formula is C13H13N3O4. The maximum Gasteiger partial charge on any atom is 0.410 e. The first kappa shape index (κ1) is 12.5. The number of rotatable bonds is 3. The SMILES string of the molecule is NNC(=O)c1c(CN2CCOC2=O)oc2ccccc12. The number of fused-ring (bicyclic) bond motifs is 1. The van der Waals surface area contributed by atoms with Gasteiger partial charge < -0.3 is 9.15 Å². The maximum atomic E-state index is 11.9. The van der Waals surface area contributed by atoms with Gasteiger partial charge in [-0.25, -0.2) is 10.6 Å². The number of amides is 2. The van der Waals surface area contributed by atoms with Crippen LogP contribution in [0.15, 0.2) is 28.7 Å². The summed E-state index contributed by atoms with van der Waals surface area (Å²) in [5, 5.41) is 0.665. The average Bonchev–Trinajstić information content (AvgIpc) is 3.02. The Morgan fingerprint density at radius 3 is 2.90 bits per heavy atom. The minimum atomic E-state index is -0.447. The van der Waals surface area contributed by atoms with Gasteiger partial charge in [-0.15, -0.1) is 0 Å². The van der Waals surface area contributed by atoms with Gasteiger partial charge in [-0.1, -0.05) is 18.2 Å². The molecule has 0 atom stereocenters. The van der Waals surface area contributed by atoms with Crippen LogP contribution in [-0.4, -0.2) is 30.1 Å². The Morgan fingerprint density at radius 1 is 1.40 bits per heavy atom. The average molecular weight is 275 g/mol. The first-order chi connectivity index (χ1) is 9.70. The smallest absolute Gasteiger partial charge is 0.410 e. The van der Waals surface area contributed by atoms with Crippen LogP contribution < -0.4 is 11.3 Å². The Morgan fingerprint density at radius 2 is 2.20 bits per heavy atom. The van der Waals surface area contributed by atoms with Crippen LogP contribution in [0.4, 0.5) is 4.79 Å². The van der Waals surface area contributed by atoms with Crippen LogP contribution in [0.1, 0.15) is 16.1 Å². The Bertz CT molecular complexity index is 679. The Kier molecular flexibility index (Phi) is 3.03. The van der Waals surface area contributed by atoms with Crippen molar-refractivity contribution in [3.8, 4) is 0 Å². The molecule has 0 saturated carbocycles. The molecule has 1 aromatic heterocycles. The lowest BCUT2D eigenvalue weighted by atomic mass is 10.1. The molecule has 3 N–H and O–H groups in total. The van der Waals surface area contributed by atoms with Crippen molar-refractivity contribution in [1.82, 2.24) is 10.3 Å². The van der Waals surface area contributed by atoms with Gasteiger partial charge in [-0.2, -0.15) is 0 Å². The lowest BCUT2D eigenvalue weighted by Crippen LogP contribution is -2.31. The molecule has 1 aromatic carbocycles. The molecule has 2 heterocycles. The minimum absolute atomic E-state index is 0.177. The number of nitrogens with zero attached hydrogens (tertiary/aromatic N) is 1. The number of furan rings is 1. The van der Waals surface area contributed by atoms with Crippen LogP contribution in [-0.2, 0) is 11.3 Å². The van der Waals surface area contributed by atoms with Crippen LogP contribution in [0.25, 0.3) is 11.0 Å². The van der Waals surface area contributed by atoms with Crippen LogP contribution in [0.2, 0.25) is 0 Å². The van der Waals surface area contributed by atoms with E-state index in [4.69, 9.17) is 15.0 Å². The van der Waals surface area contributed by atoms with Crippen molar-refractivity contribution in [1.29, 1.82) is 0 Å². The zero-order valence-electron chi connectivity index (χ0n) is 10.6. The van der Waals surface area contributed by atoms with E-state index in [1.807, 2.05) is 6.07 Å². The van der Waals surface area contributed by atoms with Gasteiger partial charge in [0.1, 0.15) is 18.0 Å². The molecule has 0 spiro atoms. The molecule has 2 aromatic rings. The lowest BCUT2D eigenvalue weighted by molar-refractivity contribution is 0.0951. The fraction of sp³-hybridized carbons (Fsp3) is 0.231. The quantitative estimate of drug-likeness (QED) is 0.494. The first-order valence-corrected chi connectivity index (χ1v) is 6.13. The molecular weight excluding hydrogens is 262 g/mol. The van der Waals surface area contributed by atoms with E-state index in [-0.39, 0.29) is 6.54 Å². The molecule has 104 valence electrons. The van der Waals surface area contributed by atoms with Gasteiger partial charge in [0, 0.05) is 5.39 Å². The summed E-state index contributed by atoms with van der Waals surface area (Å²) in [6.45, 7) is 0.993. The molecule has 1 fully saturated rings. The summed E-state index contributed by atoms with van der Waals surface area (Å²) >= 11 is 0. The second-order valence-corrected chi connectivity index (χ2v) is 4.41. The summed E-state index contributed by atoms with van der Waals surface area (Å²) < 4.78 is 10.5. The highest BCUT2D eigenvalue weighted by molar-refractivity contribution is 6.07. The number of hydrazine groups is 1. The van der Waals surface area contributed by atoms with Crippen LogP contribution in [0, 0.1) is 0 Å². The molecule has 0 unspecified atom stereocenters. The highest BCUT2D eigenvalue weighted by Crippen LogP contribution is 2.27. The van der Waals surface area contributed by atoms with Crippen molar-refractivity contribution in [3.05, 3.63) is 35.6 Å². The second-order valence-electron chi connectivity index (χ2n) is 4.41. The van der Waals surface area contributed by atoms with E-state index in [0.29, 0.717) is 35.4 Å². The number of cyclic esters (lactones) is 1. The number of hydrogen-bond donors (Lipinski definition) is 2. The Labute approximate surface area is 114 Å². The highest BCUT2D eigenvalue weighted by atomic mass is 16.6. The maximum absolute atomic E-state index is 11.9. The van der Waals surface area contributed by atoms with Crippen molar-refractivity contribution in [2.75, 3.05) is 13.2 Å². The molecule has 1 aliphatic rings. The summed E-state index contributed by atoms with van der Waals surface area (Å²) in [7, 11) is 0. The van der Waals surface area contributed by atoms with Crippen molar-refractivity contribution in [3.63, 3.8) is 0 Å². The number of carbonyl (C=O) groups is 2. The monoisotopic (exact) mass is 275 g/mol. The second kappa shape index (κ2) is 4.86. The van der Waals surface area contributed by atoms with Crippen LogP contribution >= 0.6 is 0 Å². The molecule has 1 saturated heterocycles. The summed E-state index contributed by atoms with van der Waals surface area (Å²) in [5.74, 6) is 5.16. The standard InChI is InChI=1S/C13H13N3O4/c14-15-12(17)11-8-3-1-2-4-9(8)20-10(11)7-16-5-6-19-13(16)18/h1-4H,5-7,14H2,(H,15,17). The van der Waals surface area contributed by atoms with Crippen molar-refractivity contribution in [2.45, 2.75) is 6.54 Å². The van der Waals surface area contributed by atoms with Crippen molar-refractivity contribution >= 4 is 23.0 Å². The summed E-state index contributed by atoms with van der Waals surface area (Å²) in [6.07, 6.45) is -0.412. The molecule has 0 radical (unpaired) electrons. The number of carbonyl (C=O) groups excluding carboxylic acids is 2. The molecule has 0 bridgehead atoms. The van der Waals surface area contributed by atoms with Crippen molar-refractivity contribution < 1.29 is 18.7 Å². The topological polar surface area (TPSA) is 97.8 Å². The van der Waals surface area contributed by atoms with Gasteiger partial charge >= 0.3 is 6.09 Å². The summed E-state index contributed by atoms with van der Waals surface area (Å²) in [4.78, 5) is 24.9. The van der Waals surface area contributed by atoms with E-state index in [1.54, 1.807) is 18.2 Å². The predicted molar refractivity (Wildman–Crippen MR) is 69.6 cm³/mol. The number of nitrogens with two attached hydrogens (primary N) is 1. The molecule has 1 aliphatic heterocycles. The van der Waals surface area contributed by atoms with Crippen LogP contribution in [0.5, 0.6) is 0 Å². The van der Waals surface area contributed by atoms with E-state index >= 15 is 0 Å². The summed E-state index contributed by atoms with van der Waals surface area (Å²) in [6, 6.07) is 7.15. The third-order valence-electron chi connectivity index (χ3n) is 3.21. The highest BCUT2D eigenvalue weighted by Gasteiger charge is 2.27. The molecule has 7 nitrogen and oxygen atoms in total. The normalized spacial score (nSPS) is 14.7. The van der Waals surface area contributed by atoms with Gasteiger partial charge in [0.15, 0.2) is 0 Å². The third kappa shape index (κ3) is 1.97. The van der Waals surface area contributed by atoms with E-state index < -0.39 is 12.0 Å². The molecule has 2 amide bonds. The van der Waals surface area contributed by atoms with E-state index in [2.05, 4.69) is 5.43 Å². The number of para-hydroxylation sites is 1. The zero-order valence-corrected chi connectivity index (χ0v) is 10.6. The minimum Gasteiger partial charge on any atom is -0.458 e.